The number of benzene rings is 2. The number of hydrogen-bond donors (Lipinski definition) is 2. The number of rotatable bonds is 8. The minimum atomic E-state index is 0.733. The van der Waals surface area contributed by atoms with E-state index in [2.05, 4.69) is 62.9 Å². The van der Waals surface area contributed by atoms with Crippen molar-refractivity contribution in [3.05, 3.63) is 70.7 Å². The molecule has 0 aromatic heterocycles. The zero-order chi connectivity index (χ0) is 19.6. The first kappa shape index (κ1) is 21.1. The van der Waals surface area contributed by atoms with Crippen molar-refractivity contribution in [3.63, 3.8) is 0 Å². The van der Waals surface area contributed by atoms with Crippen LogP contribution in [0.5, 0.6) is 0 Å². The first-order chi connectivity index (χ1) is 13.7. The van der Waals surface area contributed by atoms with E-state index in [0.29, 0.717) is 0 Å². The SMILES string of the molecule is S=C(NCCc1ccc(Cl)cc1)NCCN1CCN(Cc2ccccc2)CC1. The Kier molecular flexibility index (Phi) is 8.55. The maximum absolute atomic E-state index is 5.91. The van der Waals surface area contributed by atoms with Gasteiger partial charge in [0.25, 0.3) is 0 Å². The quantitative estimate of drug-likeness (QED) is 0.645. The summed E-state index contributed by atoms with van der Waals surface area (Å²) in [6.07, 6.45) is 0.933. The van der Waals surface area contributed by atoms with Gasteiger partial charge in [0.1, 0.15) is 0 Å². The Morgan fingerprint density at radius 3 is 2.18 bits per heavy atom. The standard InChI is InChI=1S/C22H29ClN4S/c23-21-8-6-19(7-9-21)10-11-24-22(28)25-12-13-26-14-16-27(17-15-26)18-20-4-2-1-3-5-20/h1-9H,10-18H2,(H2,24,25,28). The van der Waals surface area contributed by atoms with Crippen molar-refractivity contribution in [3.8, 4) is 0 Å². The first-order valence-corrected chi connectivity index (χ1v) is 10.7. The Bertz CT molecular complexity index is 715. The largest absolute Gasteiger partial charge is 0.362 e. The average molecular weight is 417 g/mol. The van der Waals surface area contributed by atoms with E-state index in [-0.39, 0.29) is 0 Å². The monoisotopic (exact) mass is 416 g/mol. The zero-order valence-electron chi connectivity index (χ0n) is 16.2. The number of nitrogens with zero attached hydrogens (tertiary/aromatic N) is 2. The fourth-order valence-corrected chi connectivity index (χ4v) is 3.70. The Morgan fingerprint density at radius 1 is 0.821 bits per heavy atom. The molecule has 4 nitrogen and oxygen atoms in total. The number of halogens is 1. The number of piperazine rings is 1. The van der Waals surface area contributed by atoms with Crippen LogP contribution in [0.2, 0.25) is 5.02 Å². The second kappa shape index (κ2) is 11.4. The minimum Gasteiger partial charge on any atom is -0.362 e. The molecule has 0 radical (unpaired) electrons. The highest BCUT2D eigenvalue weighted by Gasteiger charge is 2.16. The molecule has 6 heteroatoms. The summed E-state index contributed by atoms with van der Waals surface area (Å²) in [5.41, 5.74) is 2.65. The fourth-order valence-electron chi connectivity index (χ4n) is 3.37. The van der Waals surface area contributed by atoms with Crippen molar-refractivity contribution >= 4 is 28.9 Å². The molecule has 1 saturated heterocycles. The molecule has 0 saturated carbocycles. The maximum Gasteiger partial charge on any atom is 0.166 e. The Labute approximate surface area is 178 Å². The van der Waals surface area contributed by atoms with Gasteiger partial charge in [0.2, 0.25) is 0 Å². The van der Waals surface area contributed by atoms with E-state index in [1.807, 2.05) is 12.1 Å². The van der Waals surface area contributed by atoms with E-state index in [9.17, 15) is 0 Å². The summed E-state index contributed by atoms with van der Waals surface area (Å²) >= 11 is 11.3. The smallest absolute Gasteiger partial charge is 0.166 e. The van der Waals surface area contributed by atoms with Gasteiger partial charge in [-0.2, -0.15) is 0 Å². The molecule has 1 aliphatic rings. The molecule has 0 bridgehead atoms. The molecule has 0 atom stereocenters. The van der Waals surface area contributed by atoms with Gasteiger partial charge in [0.05, 0.1) is 0 Å². The lowest BCUT2D eigenvalue weighted by Crippen LogP contribution is -2.48. The highest BCUT2D eigenvalue weighted by atomic mass is 35.5. The van der Waals surface area contributed by atoms with Gasteiger partial charge in [-0.3, -0.25) is 9.80 Å². The Morgan fingerprint density at radius 2 is 1.46 bits per heavy atom. The molecule has 1 aliphatic heterocycles. The van der Waals surface area contributed by atoms with Crippen molar-refractivity contribution < 1.29 is 0 Å². The second-order valence-corrected chi connectivity index (χ2v) is 8.01. The Balaban J connectivity index is 1.24. The zero-order valence-corrected chi connectivity index (χ0v) is 17.8. The molecule has 3 rings (SSSR count). The molecule has 2 N–H and O–H groups in total. The van der Waals surface area contributed by atoms with Crippen LogP contribution in [-0.4, -0.2) is 60.7 Å². The van der Waals surface area contributed by atoms with Crippen LogP contribution in [0.3, 0.4) is 0 Å². The van der Waals surface area contributed by atoms with Gasteiger partial charge in [0.15, 0.2) is 5.11 Å². The van der Waals surface area contributed by atoms with Gasteiger partial charge in [-0.25, -0.2) is 0 Å². The van der Waals surface area contributed by atoms with E-state index in [0.717, 1.165) is 68.9 Å². The minimum absolute atomic E-state index is 0.733. The van der Waals surface area contributed by atoms with Crippen molar-refractivity contribution in [1.29, 1.82) is 0 Å². The molecule has 150 valence electrons. The number of nitrogens with one attached hydrogen (secondary N) is 2. The maximum atomic E-state index is 5.91. The second-order valence-electron chi connectivity index (χ2n) is 7.16. The van der Waals surface area contributed by atoms with Gasteiger partial charge >= 0.3 is 0 Å². The molecule has 2 aromatic rings. The third-order valence-electron chi connectivity index (χ3n) is 5.04. The van der Waals surface area contributed by atoms with Crippen LogP contribution in [0.15, 0.2) is 54.6 Å². The lowest BCUT2D eigenvalue weighted by atomic mass is 10.1. The molecule has 0 aliphatic carbocycles. The summed E-state index contributed by atoms with van der Waals surface area (Å²) in [5.74, 6) is 0. The van der Waals surface area contributed by atoms with Crippen molar-refractivity contribution in [1.82, 2.24) is 20.4 Å². The van der Waals surface area contributed by atoms with E-state index in [1.165, 1.54) is 11.1 Å². The highest BCUT2D eigenvalue weighted by molar-refractivity contribution is 7.80. The summed E-state index contributed by atoms with van der Waals surface area (Å²) in [7, 11) is 0. The van der Waals surface area contributed by atoms with E-state index in [1.54, 1.807) is 0 Å². The predicted octanol–water partition coefficient (Wildman–Crippen LogP) is 3.16. The normalized spacial score (nSPS) is 15.3. The van der Waals surface area contributed by atoms with Gasteiger partial charge in [0, 0.05) is 57.4 Å². The number of thiocarbonyl (C=S) groups is 1. The lowest BCUT2D eigenvalue weighted by Gasteiger charge is -2.34. The van der Waals surface area contributed by atoms with Gasteiger partial charge in [-0.15, -0.1) is 0 Å². The van der Waals surface area contributed by atoms with Crippen LogP contribution >= 0.6 is 23.8 Å². The van der Waals surface area contributed by atoms with Crippen LogP contribution in [0.1, 0.15) is 11.1 Å². The average Bonchev–Trinajstić information content (AvgIpc) is 2.72. The molecular weight excluding hydrogens is 388 g/mol. The molecule has 2 aromatic carbocycles. The molecule has 28 heavy (non-hydrogen) atoms. The molecule has 0 unspecified atom stereocenters. The fraction of sp³-hybridized carbons (Fsp3) is 0.409. The first-order valence-electron chi connectivity index (χ1n) is 9.94. The summed E-state index contributed by atoms with van der Waals surface area (Å²) in [6.45, 7) is 8.26. The Hall–Kier alpha value is -1.66. The predicted molar refractivity (Wildman–Crippen MR) is 122 cm³/mol. The van der Waals surface area contributed by atoms with Crippen LogP contribution in [0.4, 0.5) is 0 Å². The molecule has 1 fully saturated rings. The van der Waals surface area contributed by atoms with Crippen LogP contribution < -0.4 is 10.6 Å². The van der Waals surface area contributed by atoms with E-state index >= 15 is 0 Å². The van der Waals surface area contributed by atoms with Crippen LogP contribution in [0.25, 0.3) is 0 Å². The van der Waals surface area contributed by atoms with Crippen molar-refractivity contribution in [2.75, 3.05) is 45.8 Å². The molecule has 1 heterocycles. The summed E-state index contributed by atoms with van der Waals surface area (Å²) < 4.78 is 0. The third kappa shape index (κ3) is 7.40. The van der Waals surface area contributed by atoms with E-state index in [4.69, 9.17) is 23.8 Å². The topological polar surface area (TPSA) is 30.5 Å². The highest BCUT2D eigenvalue weighted by Crippen LogP contribution is 2.10. The summed E-state index contributed by atoms with van der Waals surface area (Å²) in [5, 5.41) is 8.10. The van der Waals surface area contributed by atoms with Gasteiger partial charge in [-0.05, 0) is 41.9 Å². The van der Waals surface area contributed by atoms with Crippen molar-refractivity contribution in [2.45, 2.75) is 13.0 Å². The van der Waals surface area contributed by atoms with Crippen LogP contribution in [0, 0.1) is 0 Å². The molecule has 0 spiro atoms. The summed E-state index contributed by atoms with van der Waals surface area (Å²) in [4.78, 5) is 5.03. The van der Waals surface area contributed by atoms with E-state index < -0.39 is 0 Å². The number of hydrogen-bond acceptors (Lipinski definition) is 3. The van der Waals surface area contributed by atoms with Crippen LogP contribution in [-0.2, 0) is 13.0 Å². The van der Waals surface area contributed by atoms with Gasteiger partial charge in [-0.1, -0.05) is 54.1 Å². The molecule has 0 amide bonds. The molecular formula is C22H29ClN4S. The lowest BCUT2D eigenvalue weighted by molar-refractivity contribution is 0.129. The van der Waals surface area contributed by atoms with Gasteiger partial charge < -0.3 is 10.6 Å². The van der Waals surface area contributed by atoms with Crippen molar-refractivity contribution in [2.24, 2.45) is 0 Å². The third-order valence-corrected chi connectivity index (χ3v) is 5.58. The summed E-state index contributed by atoms with van der Waals surface area (Å²) in [6, 6.07) is 18.7.